The van der Waals surface area contributed by atoms with Crippen LogP contribution in [0.5, 0.6) is 0 Å². The van der Waals surface area contributed by atoms with E-state index in [0.29, 0.717) is 0 Å². The second kappa shape index (κ2) is 9.49. The lowest BCUT2D eigenvalue weighted by molar-refractivity contribution is -0.143. The van der Waals surface area contributed by atoms with Gasteiger partial charge >= 0.3 is 5.97 Å². The van der Waals surface area contributed by atoms with Gasteiger partial charge in [-0.15, -0.1) is 16.9 Å². The van der Waals surface area contributed by atoms with Crippen LogP contribution in [0.3, 0.4) is 0 Å². The number of para-hydroxylation sites is 1. The SMILES string of the molecule is CCCCCCC(SC1N=NN(c2ccccc2)N1)C(=O)ON. The predicted octanol–water partition coefficient (Wildman–Crippen LogP) is 3.15. The summed E-state index contributed by atoms with van der Waals surface area (Å²) >= 11 is 1.37. The highest BCUT2D eigenvalue weighted by Crippen LogP contribution is 2.28. The maximum atomic E-state index is 11.8. The Morgan fingerprint density at radius 2 is 2.17 bits per heavy atom. The zero-order valence-electron chi connectivity index (χ0n) is 13.2. The van der Waals surface area contributed by atoms with Crippen molar-refractivity contribution in [2.24, 2.45) is 16.2 Å². The molecule has 0 fully saturated rings. The number of hydrogen-bond acceptors (Lipinski definition) is 8. The summed E-state index contributed by atoms with van der Waals surface area (Å²) in [6, 6.07) is 9.64. The molecule has 1 aliphatic heterocycles. The van der Waals surface area contributed by atoms with Crippen LogP contribution < -0.4 is 16.4 Å². The highest BCUT2D eigenvalue weighted by molar-refractivity contribution is 8.01. The number of hydrazine groups is 1. The van der Waals surface area contributed by atoms with Gasteiger partial charge in [0.15, 0.2) is 5.50 Å². The van der Waals surface area contributed by atoms with Gasteiger partial charge in [0, 0.05) is 0 Å². The first kappa shape index (κ1) is 17.7. The average molecular weight is 337 g/mol. The lowest BCUT2D eigenvalue weighted by Gasteiger charge is -2.18. The van der Waals surface area contributed by atoms with Crippen LogP contribution in [0.15, 0.2) is 40.7 Å². The number of nitrogens with two attached hydrogens (primary N) is 1. The third-order valence-corrected chi connectivity index (χ3v) is 4.69. The van der Waals surface area contributed by atoms with E-state index in [4.69, 9.17) is 5.90 Å². The number of unbranched alkanes of at least 4 members (excludes halogenated alkanes) is 3. The van der Waals surface area contributed by atoms with Crippen LogP contribution >= 0.6 is 11.8 Å². The van der Waals surface area contributed by atoms with E-state index in [1.807, 2.05) is 30.3 Å². The van der Waals surface area contributed by atoms with Crippen LogP contribution in [0, 0.1) is 0 Å². The van der Waals surface area contributed by atoms with Crippen LogP contribution in [0.2, 0.25) is 0 Å². The van der Waals surface area contributed by atoms with Crippen LogP contribution in [0.25, 0.3) is 0 Å². The van der Waals surface area contributed by atoms with Gasteiger partial charge in [-0.05, 0) is 18.6 Å². The molecular formula is C15H23N5O2S. The molecule has 126 valence electrons. The molecule has 2 atom stereocenters. The fourth-order valence-corrected chi connectivity index (χ4v) is 3.28. The van der Waals surface area contributed by atoms with Crippen LogP contribution in [-0.2, 0) is 9.63 Å². The van der Waals surface area contributed by atoms with Crippen molar-refractivity contribution >= 4 is 23.4 Å². The molecule has 1 heterocycles. The Morgan fingerprint density at radius 3 is 2.87 bits per heavy atom. The van der Waals surface area contributed by atoms with E-state index < -0.39 is 5.97 Å². The maximum Gasteiger partial charge on any atom is 0.337 e. The first-order valence-electron chi connectivity index (χ1n) is 7.82. The van der Waals surface area contributed by atoms with Gasteiger partial charge in [-0.25, -0.2) is 4.79 Å². The minimum Gasteiger partial charge on any atom is -0.372 e. The van der Waals surface area contributed by atoms with E-state index in [0.717, 1.165) is 37.8 Å². The Bertz CT molecular complexity index is 514. The monoisotopic (exact) mass is 337 g/mol. The highest BCUT2D eigenvalue weighted by atomic mass is 32.2. The molecule has 0 saturated heterocycles. The Kier molecular flexibility index (Phi) is 7.31. The van der Waals surface area contributed by atoms with Crippen molar-refractivity contribution in [3.8, 4) is 0 Å². The Morgan fingerprint density at radius 1 is 1.39 bits per heavy atom. The third-order valence-electron chi connectivity index (χ3n) is 3.47. The topological polar surface area (TPSA) is 92.3 Å². The van der Waals surface area contributed by atoms with Gasteiger partial charge in [-0.2, -0.15) is 16.4 Å². The first-order chi connectivity index (χ1) is 11.2. The number of carbonyl (C=O) groups is 1. The van der Waals surface area contributed by atoms with E-state index >= 15 is 0 Å². The van der Waals surface area contributed by atoms with Crippen molar-refractivity contribution < 1.29 is 9.63 Å². The minimum absolute atomic E-state index is 0.328. The standard InChI is InChI=1S/C15H23N5O2S/c1-2-3-4-8-11-13(14(21)22-16)23-15-17-19-20(18-15)12-9-6-5-7-10-12/h5-7,9-10,13,15,18H,2-4,8,11,16H2,1H3. The maximum absolute atomic E-state index is 11.8. The van der Waals surface area contributed by atoms with Crippen LogP contribution in [-0.4, -0.2) is 16.7 Å². The molecule has 0 aliphatic carbocycles. The third kappa shape index (κ3) is 5.49. The minimum atomic E-state index is -0.415. The van der Waals surface area contributed by atoms with E-state index in [1.54, 1.807) is 5.12 Å². The van der Waals surface area contributed by atoms with Gasteiger partial charge in [0.05, 0.1) is 5.69 Å². The number of thioether (sulfide) groups is 1. The van der Waals surface area contributed by atoms with Crippen molar-refractivity contribution in [1.82, 2.24) is 5.43 Å². The number of carbonyl (C=O) groups excluding carboxylic acids is 1. The Hall–Kier alpha value is -1.64. The zero-order valence-corrected chi connectivity index (χ0v) is 14.0. The molecule has 7 nitrogen and oxygen atoms in total. The molecule has 0 radical (unpaired) electrons. The molecule has 1 aromatic carbocycles. The molecule has 3 N–H and O–H groups in total. The van der Waals surface area contributed by atoms with Gasteiger partial charge in [-0.1, -0.05) is 56.0 Å². The number of benzene rings is 1. The normalized spacial score (nSPS) is 18.2. The molecule has 8 heteroatoms. The largest absolute Gasteiger partial charge is 0.372 e. The van der Waals surface area contributed by atoms with E-state index in [-0.39, 0.29) is 10.7 Å². The lowest BCUT2D eigenvalue weighted by atomic mass is 10.1. The van der Waals surface area contributed by atoms with Crippen molar-refractivity contribution in [2.75, 3.05) is 5.12 Å². The smallest absolute Gasteiger partial charge is 0.337 e. The second-order valence-electron chi connectivity index (χ2n) is 5.24. The fourth-order valence-electron chi connectivity index (χ4n) is 2.24. The van der Waals surface area contributed by atoms with E-state index in [9.17, 15) is 4.79 Å². The van der Waals surface area contributed by atoms with Gasteiger partial charge in [0.1, 0.15) is 5.25 Å². The molecule has 23 heavy (non-hydrogen) atoms. The molecule has 0 amide bonds. The predicted molar refractivity (Wildman–Crippen MR) is 91.1 cm³/mol. The molecule has 2 rings (SSSR count). The molecule has 0 saturated carbocycles. The number of nitrogens with zero attached hydrogens (tertiary/aromatic N) is 3. The van der Waals surface area contributed by atoms with Gasteiger partial charge in [0.2, 0.25) is 0 Å². The van der Waals surface area contributed by atoms with Crippen LogP contribution in [0.4, 0.5) is 5.69 Å². The first-order valence-corrected chi connectivity index (χ1v) is 8.77. The summed E-state index contributed by atoms with van der Waals surface area (Å²) in [4.78, 5) is 16.3. The summed E-state index contributed by atoms with van der Waals surface area (Å²) in [6.07, 6.45) is 5.11. The molecule has 1 aromatic rings. The summed E-state index contributed by atoms with van der Waals surface area (Å²) < 4.78 is 0. The number of hydrogen-bond donors (Lipinski definition) is 2. The Labute approximate surface area is 140 Å². The van der Waals surface area contributed by atoms with Crippen molar-refractivity contribution in [3.63, 3.8) is 0 Å². The Balaban J connectivity index is 1.85. The molecule has 1 aliphatic rings. The fraction of sp³-hybridized carbons (Fsp3) is 0.533. The summed E-state index contributed by atoms with van der Waals surface area (Å²) in [5.74, 6) is 4.63. The average Bonchev–Trinajstić information content (AvgIpc) is 3.06. The summed E-state index contributed by atoms with van der Waals surface area (Å²) in [6.45, 7) is 2.15. The molecule has 2 unspecified atom stereocenters. The van der Waals surface area contributed by atoms with Crippen molar-refractivity contribution in [1.29, 1.82) is 0 Å². The van der Waals surface area contributed by atoms with Crippen LogP contribution in [0.1, 0.15) is 39.0 Å². The molecule has 0 spiro atoms. The summed E-state index contributed by atoms with van der Waals surface area (Å²) in [5, 5.41) is 9.48. The molecule has 0 bridgehead atoms. The quantitative estimate of drug-likeness (QED) is 0.531. The van der Waals surface area contributed by atoms with Crippen molar-refractivity contribution in [3.05, 3.63) is 30.3 Å². The second-order valence-corrected chi connectivity index (χ2v) is 6.53. The van der Waals surface area contributed by atoms with E-state index in [2.05, 4.69) is 27.5 Å². The number of rotatable bonds is 9. The van der Waals surface area contributed by atoms with Gasteiger partial charge < -0.3 is 4.84 Å². The number of nitrogens with one attached hydrogen (secondary N) is 1. The highest BCUT2D eigenvalue weighted by Gasteiger charge is 2.28. The summed E-state index contributed by atoms with van der Waals surface area (Å²) in [7, 11) is 0. The van der Waals surface area contributed by atoms with Gasteiger partial charge in [-0.3, -0.25) is 0 Å². The molecular weight excluding hydrogens is 314 g/mol. The zero-order chi connectivity index (χ0) is 16.5. The summed E-state index contributed by atoms with van der Waals surface area (Å²) in [5.41, 5.74) is 3.69. The van der Waals surface area contributed by atoms with E-state index in [1.165, 1.54) is 11.8 Å². The van der Waals surface area contributed by atoms with Gasteiger partial charge in [0.25, 0.3) is 0 Å². The lowest BCUT2D eigenvalue weighted by Crippen LogP contribution is -2.36. The van der Waals surface area contributed by atoms with Crippen molar-refractivity contribution in [2.45, 2.75) is 49.8 Å². The number of anilines is 1. The molecule has 0 aromatic heterocycles.